The molecule has 18 heavy (non-hydrogen) atoms. The topological polar surface area (TPSA) is 54.4 Å². The summed E-state index contributed by atoms with van der Waals surface area (Å²) in [5, 5.41) is 13.4. The zero-order valence-corrected chi connectivity index (χ0v) is 10.9. The minimum atomic E-state index is -0.273. The molecule has 0 aromatic carbocycles. The normalized spacial score (nSPS) is 24.3. The highest BCUT2D eigenvalue weighted by Crippen LogP contribution is 2.21. The number of anilines is 1. The molecule has 0 amide bonds. The van der Waals surface area contributed by atoms with Crippen molar-refractivity contribution in [2.24, 2.45) is 0 Å². The first kappa shape index (κ1) is 13.1. The van der Waals surface area contributed by atoms with Crippen LogP contribution in [0.2, 0.25) is 0 Å². The van der Waals surface area contributed by atoms with Crippen molar-refractivity contribution < 1.29 is 9.84 Å². The molecule has 1 saturated carbocycles. The molecule has 0 radical (unpaired) electrons. The third-order valence-corrected chi connectivity index (χ3v) is 3.33. The van der Waals surface area contributed by atoms with E-state index in [4.69, 9.17) is 4.74 Å². The van der Waals surface area contributed by atoms with Crippen molar-refractivity contribution in [1.29, 1.82) is 0 Å². The highest BCUT2D eigenvalue weighted by molar-refractivity contribution is 5.38. The lowest BCUT2D eigenvalue weighted by Gasteiger charge is -2.22. The summed E-state index contributed by atoms with van der Waals surface area (Å²) in [5.41, 5.74) is 0. The second-order valence-electron chi connectivity index (χ2n) is 4.75. The van der Waals surface area contributed by atoms with Crippen LogP contribution in [0.25, 0.3) is 0 Å². The van der Waals surface area contributed by atoms with Crippen LogP contribution in [-0.2, 0) is 0 Å². The van der Waals surface area contributed by atoms with E-state index in [9.17, 15) is 5.11 Å². The number of nitrogens with zero attached hydrogens (tertiary/aromatic N) is 1. The van der Waals surface area contributed by atoms with Crippen LogP contribution in [0.1, 0.15) is 39.0 Å². The molecule has 1 aliphatic rings. The minimum absolute atomic E-state index is 0.108. The Balaban J connectivity index is 2.00. The van der Waals surface area contributed by atoms with E-state index in [-0.39, 0.29) is 12.1 Å². The summed E-state index contributed by atoms with van der Waals surface area (Å²) in [7, 11) is 0. The van der Waals surface area contributed by atoms with E-state index < -0.39 is 0 Å². The van der Waals surface area contributed by atoms with Gasteiger partial charge in [-0.2, -0.15) is 4.98 Å². The summed E-state index contributed by atoms with van der Waals surface area (Å²) in [6, 6.07) is 5.79. The van der Waals surface area contributed by atoms with Crippen molar-refractivity contribution >= 4 is 5.82 Å². The molecule has 2 atom stereocenters. The van der Waals surface area contributed by atoms with Crippen molar-refractivity contribution in [3.8, 4) is 5.88 Å². The van der Waals surface area contributed by atoms with Gasteiger partial charge < -0.3 is 15.2 Å². The molecule has 1 aromatic rings. The molecule has 2 rings (SSSR count). The van der Waals surface area contributed by atoms with Gasteiger partial charge in [-0.05, 0) is 25.8 Å². The highest BCUT2D eigenvalue weighted by Gasteiger charge is 2.21. The van der Waals surface area contributed by atoms with Gasteiger partial charge in [0.05, 0.1) is 18.8 Å². The Morgan fingerprint density at radius 1 is 1.33 bits per heavy atom. The summed E-state index contributed by atoms with van der Waals surface area (Å²) in [6.45, 7) is 2.55. The van der Waals surface area contributed by atoms with Crippen LogP contribution in [0.5, 0.6) is 5.88 Å². The van der Waals surface area contributed by atoms with Gasteiger partial charge >= 0.3 is 0 Å². The molecule has 0 bridgehead atoms. The van der Waals surface area contributed by atoms with E-state index in [1.165, 1.54) is 12.8 Å². The van der Waals surface area contributed by atoms with Gasteiger partial charge in [-0.1, -0.05) is 25.3 Å². The molecule has 4 heteroatoms. The second-order valence-corrected chi connectivity index (χ2v) is 4.75. The van der Waals surface area contributed by atoms with Gasteiger partial charge in [-0.3, -0.25) is 0 Å². The molecule has 1 heterocycles. The summed E-state index contributed by atoms with van der Waals surface area (Å²) in [4.78, 5) is 4.38. The van der Waals surface area contributed by atoms with Gasteiger partial charge in [0.25, 0.3) is 0 Å². The molecule has 1 aliphatic carbocycles. The maximum absolute atomic E-state index is 10.1. The highest BCUT2D eigenvalue weighted by atomic mass is 16.5. The zero-order chi connectivity index (χ0) is 12.8. The number of hydrogen-bond acceptors (Lipinski definition) is 4. The standard InChI is InChI=1S/C14H22N2O2/c1-2-18-14-10-6-9-13(16-14)15-11-7-4-3-5-8-12(11)17/h6,9-12,17H,2-5,7-8H2,1H3,(H,15,16). The van der Waals surface area contributed by atoms with Gasteiger partial charge in [0.1, 0.15) is 5.82 Å². The fourth-order valence-corrected chi connectivity index (χ4v) is 2.37. The Morgan fingerprint density at radius 2 is 2.17 bits per heavy atom. The number of ether oxygens (including phenoxy) is 1. The van der Waals surface area contributed by atoms with Crippen LogP contribution >= 0.6 is 0 Å². The Kier molecular flexibility index (Phi) is 4.81. The number of nitrogens with one attached hydrogen (secondary N) is 1. The van der Waals surface area contributed by atoms with Gasteiger partial charge in [0, 0.05) is 6.07 Å². The van der Waals surface area contributed by atoms with Gasteiger partial charge in [0.15, 0.2) is 0 Å². The Hall–Kier alpha value is -1.29. The molecule has 2 N–H and O–H groups in total. The predicted molar refractivity (Wildman–Crippen MR) is 71.9 cm³/mol. The molecule has 4 nitrogen and oxygen atoms in total. The molecule has 0 spiro atoms. The van der Waals surface area contributed by atoms with E-state index in [2.05, 4.69) is 10.3 Å². The first-order chi connectivity index (χ1) is 8.79. The quantitative estimate of drug-likeness (QED) is 0.806. The Bertz CT molecular complexity index is 371. The lowest BCUT2D eigenvalue weighted by atomic mass is 10.1. The van der Waals surface area contributed by atoms with E-state index in [0.717, 1.165) is 25.1 Å². The fourth-order valence-electron chi connectivity index (χ4n) is 2.37. The zero-order valence-electron chi connectivity index (χ0n) is 10.9. The summed E-state index contributed by atoms with van der Waals surface area (Å²) >= 11 is 0. The fraction of sp³-hybridized carbons (Fsp3) is 0.643. The lowest BCUT2D eigenvalue weighted by molar-refractivity contribution is 0.144. The van der Waals surface area contributed by atoms with Crippen LogP contribution in [0.4, 0.5) is 5.82 Å². The maximum atomic E-state index is 10.1. The van der Waals surface area contributed by atoms with E-state index in [1.54, 1.807) is 0 Å². The molecule has 1 fully saturated rings. The largest absolute Gasteiger partial charge is 0.478 e. The van der Waals surface area contributed by atoms with E-state index >= 15 is 0 Å². The monoisotopic (exact) mass is 250 g/mol. The first-order valence-electron chi connectivity index (χ1n) is 6.84. The van der Waals surface area contributed by atoms with Crippen molar-refractivity contribution in [3.05, 3.63) is 18.2 Å². The number of aliphatic hydroxyl groups excluding tert-OH is 1. The number of aliphatic hydroxyl groups is 1. The van der Waals surface area contributed by atoms with Crippen molar-refractivity contribution in [3.63, 3.8) is 0 Å². The van der Waals surface area contributed by atoms with E-state index in [0.29, 0.717) is 12.5 Å². The summed E-state index contributed by atoms with van der Waals surface area (Å²) < 4.78 is 5.37. The van der Waals surface area contributed by atoms with Gasteiger partial charge in [0.2, 0.25) is 5.88 Å². The van der Waals surface area contributed by atoms with Crippen LogP contribution in [-0.4, -0.2) is 28.8 Å². The van der Waals surface area contributed by atoms with E-state index in [1.807, 2.05) is 25.1 Å². The summed E-state index contributed by atoms with van der Waals surface area (Å²) in [6.07, 6.45) is 5.10. The first-order valence-corrected chi connectivity index (χ1v) is 6.84. The molecule has 1 aromatic heterocycles. The number of pyridine rings is 1. The van der Waals surface area contributed by atoms with Crippen molar-refractivity contribution in [2.75, 3.05) is 11.9 Å². The van der Waals surface area contributed by atoms with Crippen LogP contribution in [0.15, 0.2) is 18.2 Å². The third kappa shape index (κ3) is 3.60. The molecular formula is C14H22N2O2. The average Bonchev–Trinajstić information content (AvgIpc) is 2.56. The molecular weight excluding hydrogens is 228 g/mol. The van der Waals surface area contributed by atoms with Gasteiger partial charge in [-0.25, -0.2) is 0 Å². The van der Waals surface area contributed by atoms with Crippen molar-refractivity contribution in [2.45, 2.75) is 51.2 Å². The molecule has 2 unspecified atom stereocenters. The van der Waals surface area contributed by atoms with Gasteiger partial charge in [-0.15, -0.1) is 0 Å². The molecule has 0 aliphatic heterocycles. The SMILES string of the molecule is CCOc1cccc(NC2CCCCCC2O)n1. The molecule has 100 valence electrons. The summed E-state index contributed by atoms with van der Waals surface area (Å²) in [5.74, 6) is 1.41. The average molecular weight is 250 g/mol. The number of aromatic nitrogens is 1. The van der Waals surface area contributed by atoms with Crippen LogP contribution in [0, 0.1) is 0 Å². The minimum Gasteiger partial charge on any atom is -0.478 e. The smallest absolute Gasteiger partial charge is 0.215 e. The predicted octanol–water partition coefficient (Wildman–Crippen LogP) is 2.59. The molecule has 0 saturated heterocycles. The second kappa shape index (κ2) is 6.59. The number of rotatable bonds is 4. The Labute approximate surface area is 108 Å². The lowest BCUT2D eigenvalue weighted by Crippen LogP contribution is -2.32. The number of hydrogen-bond donors (Lipinski definition) is 2. The maximum Gasteiger partial charge on any atom is 0.215 e. The van der Waals surface area contributed by atoms with Crippen molar-refractivity contribution in [1.82, 2.24) is 4.98 Å². The van der Waals surface area contributed by atoms with Crippen LogP contribution < -0.4 is 10.1 Å². The third-order valence-electron chi connectivity index (χ3n) is 3.33. The Morgan fingerprint density at radius 3 is 3.00 bits per heavy atom. The van der Waals surface area contributed by atoms with Crippen LogP contribution in [0.3, 0.4) is 0 Å².